The van der Waals surface area contributed by atoms with Crippen molar-refractivity contribution in [1.29, 1.82) is 0 Å². The third-order valence-corrected chi connectivity index (χ3v) is 5.22. The summed E-state index contributed by atoms with van der Waals surface area (Å²) in [6, 6.07) is 5.51. The Morgan fingerprint density at radius 1 is 1.26 bits per heavy atom. The molecule has 0 amide bonds. The second-order valence-corrected chi connectivity index (χ2v) is 8.45. The number of hydrogen-bond acceptors (Lipinski definition) is 5. The first-order chi connectivity index (χ1) is 14.7. The fourth-order valence-corrected chi connectivity index (χ4v) is 3.92. The summed E-state index contributed by atoms with van der Waals surface area (Å²) >= 11 is 0. The van der Waals surface area contributed by atoms with Crippen molar-refractivity contribution >= 4 is 17.1 Å². The molecule has 31 heavy (non-hydrogen) atoms. The van der Waals surface area contributed by atoms with E-state index in [1.54, 1.807) is 12.1 Å². The van der Waals surface area contributed by atoms with Crippen molar-refractivity contribution in [3.05, 3.63) is 70.7 Å². The molecule has 1 aliphatic heterocycles. The lowest BCUT2D eigenvalue weighted by Crippen LogP contribution is -2.43. The molecular weight excluding hydrogens is 402 g/mol. The van der Waals surface area contributed by atoms with Crippen LogP contribution >= 0.6 is 0 Å². The monoisotopic (exact) mass is 426 g/mol. The molecule has 1 aliphatic rings. The minimum Gasteiger partial charge on any atom is -0.485 e. The lowest BCUT2D eigenvalue weighted by atomic mass is 9.92. The quantitative estimate of drug-likeness (QED) is 0.467. The highest BCUT2D eigenvalue weighted by atomic mass is 19.1. The van der Waals surface area contributed by atoms with E-state index < -0.39 is 11.6 Å². The smallest absolute Gasteiger partial charge is 0.180 e. The predicted molar refractivity (Wildman–Crippen MR) is 114 cm³/mol. The van der Waals surface area contributed by atoms with E-state index in [-0.39, 0.29) is 17.7 Å². The molecule has 0 bridgehead atoms. The number of nitrogens with one attached hydrogen (secondary N) is 1. The lowest BCUT2D eigenvalue weighted by Gasteiger charge is -2.32. The van der Waals surface area contributed by atoms with Crippen LogP contribution in [-0.2, 0) is 6.61 Å². The van der Waals surface area contributed by atoms with Gasteiger partial charge in [-0.05, 0) is 57.5 Å². The van der Waals surface area contributed by atoms with Crippen LogP contribution in [0, 0.1) is 25.5 Å². The summed E-state index contributed by atoms with van der Waals surface area (Å²) < 4.78 is 35.7. The Morgan fingerprint density at radius 2 is 1.97 bits per heavy atom. The second kappa shape index (κ2) is 7.68. The van der Waals surface area contributed by atoms with Gasteiger partial charge in [0.2, 0.25) is 0 Å². The molecule has 6 nitrogen and oxygen atoms in total. The molecule has 0 fully saturated rings. The van der Waals surface area contributed by atoms with Gasteiger partial charge in [0.05, 0.1) is 28.4 Å². The van der Waals surface area contributed by atoms with Crippen LogP contribution in [0.4, 0.5) is 8.78 Å². The Bertz CT molecular complexity index is 1210. The number of imidazole rings is 1. The summed E-state index contributed by atoms with van der Waals surface area (Å²) in [7, 11) is 0. The van der Waals surface area contributed by atoms with Crippen LogP contribution in [0.1, 0.15) is 42.8 Å². The first kappa shape index (κ1) is 20.8. The van der Waals surface area contributed by atoms with Crippen molar-refractivity contribution in [2.24, 2.45) is 5.16 Å². The maximum Gasteiger partial charge on any atom is 0.180 e. The maximum atomic E-state index is 14.0. The van der Waals surface area contributed by atoms with E-state index in [1.165, 1.54) is 18.2 Å². The molecule has 0 radical (unpaired) electrons. The highest BCUT2D eigenvalue weighted by molar-refractivity contribution is 6.02. The molecule has 0 saturated heterocycles. The Hall–Kier alpha value is -3.42. The molecule has 0 saturated carbocycles. The topological polar surface area (TPSA) is 71.2 Å². The number of benzene rings is 1. The number of aromatic nitrogens is 2. The van der Waals surface area contributed by atoms with E-state index in [2.05, 4.69) is 15.5 Å². The summed E-state index contributed by atoms with van der Waals surface area (Å²) in [6.07, 6.45) is 4.28. The number of aryl methyl sites for hydroxylation is 2. The van der Waals surface area contributed by atoms with Gasteiger partial charge in [-0.3, -0.25) is 4.40 Å². The molecule has 1 aromatic carbocycles. The first-order valence-electron chi connectivity index (χ1n) is 9.95. The zero-order chi connectivity index (χ0) is 22.3. The van der Waals surface area contributed by atoms with Gasteiger partial charge < -0.3 is 15.3 Å². The molecular formula is C23H24F2N4O2. The van der Waals surface area contributed by atoms with Gasteiger partial charge in [0.25, 0.3) is 0 Å². The zero-order valence-electron chi connectivity index (χ0n) is 17.8. The van der Waals surface area contributed by atoms with Crippen molar-refractivity contribution in [2.45, 2.75) is 46.3 Å². The number of ether oxygens (including phenoxy) is 1. The van der Waals surface area contributed by atoms with E-state index in [0.29, 0.717) is 23.5 Å². The van der Waals surface area contributed by atoms with E-state index in [9.17, 15) is 14.0 Å². The van der Waals surface area contributed by atoms with Gasteiger partial charge in [-0.1, -0.05) is 11.2 Å². The molecule has 0 spiro atoms. The number of hydrogen-bond donors (Lipinski definition) is 2. The molecule has 3 aromatic rings. The molecule has 0 aliphatic carbocycles. The highest BCUT2D eigenvalue weighted by Gasteiger charge is 2.29. The Morgan fingerprint density at radius 3 is 2.65 bits per heavy atom. The van der Waals surface area contributed by atoms with Gasteiger partial charge in [0.15, 0.2) is 11.4 Å². The van der Waals surface area contributed by atoms with Crippen LogP contribution in [0.3, 0.4) is 0 Å². The number of rotatable bonds is 4. The summed E-state index contributed by atoms with van der Waals surface area (Å²) in [5.74, 6) is -0.888. The number of halogens is 2. The molecule has 2 N–H and O–H groups in total. The molecule has 0 unspecified atom stereocenters. The standard InChI is InChI=1S/C23H24F2N4O2/c1-13-8-20(31-12-16-17(24)6-5-7-18(16)25)22-26-14(2)21(29(22)11-13)19-9-15(28-30)10-23(3,4)27-19/h5-9,11,27,30H,10,12H2,1-4H3. The van der Waals surface area contributed by atoms with Crippen LogP contribution < -0.4 is 10.1 Å². The number of oxime groups is 1. The van der Waals surface area contributed by atoms with Crippen LogP contribution in [0.25, 0.3) is 11.3 Å². The Kier molecular flexibility index (Phi) is 5.16. The highest BCUT2D eigenvalue weighted by Crippen LogP contribution is 2.31. The summed E-state index contributed by atoms with van der Waals surface area (Å²) in [5.41, 5.74) is 3.85. The van der Waals surface area contributed by atoms with E-state index >= 15 is 0 Å². The average molecular weight is 426 g/mol. The number of allylic oxidation sites excluding steroid dienone is 1. The van der Waals surface area contributed by atoms with Gasteiger partial charge in [0, 0.05) is 18.2 Å². The van der Waals surface area contributed by atoms with Crippen molar-refractivity contribution < 1.29 is 18.7 Å². The van der Waals surface area contributed by atoms with Crippen LogP contribution in [0.2, 0.25) is 0 Å². The summed E-state index contributed by atoms with van der Waals surface area (Å²) in [4.78, 5) is 4.65. The minimum absolute atomic E-state index is 0.132. The second-order valence-electron chi connectivity index (χ2n) is 8.45. The Balaban J connectivity index is 1.78. The molecule has 3 heterocycles. The van der Waals surface area contributed by atoms with Gasteiger partial charge in [-0.15, -0.1) is 0 Å². The van der Waals surface area contributed by atoms with Crippen molar-refractivity contribution in [2.75, 3.05) is 0 Å². The van der Waals surface area contributed by atoms with Gasteiger partial charge in [-0.2, -0.15) is 0 Å². The molecule has 8 heteroatoms. The summed E-state index contributed by atoms with van der Waals surface area (Å²) in [5, 5.41) is 16.2. The Labute approximate surface area is 178 Å². The third-order valence-electron chi connectivity index (χ3n) is 5.22. The minimum atomic E-state index is -0.654. The van der Waals surface area contributed by atoms with E-state index in [1.807, 2.05) is 38.3 Å². The van der Waals surface area contributed by atoms with Crippen LogP contribution in [0.5, 0.6) is 5.75 Å². The average Bonchev–Trinajstić information content (AvgIpc) is 3.02. The fourth-order valence-electron chi connectivity index (χ4n) is 3.92. The normalized spacial score (nSPS) is 17.0. The largest absolute Gasteiger partial charge is 0.485 e. The molecule has 0 atom stereocenters. The van der Waals surface area contributed by atoms with Crippen molar-refractivity contribution in [3.8, 4) is 5.75 Å². The number of fused-ring (bicyclic) bond motifs is 1. The first-order valence-corrected chi connectivity index (χ1v) is 9.95. The fraction of sp³-hybridized carbons (Fsp3) is 0.304. The predicted octanol–water partition coefficient (Wildman–Crippen LogP) is 4.75. The van der Waals surface area contributed by atoms with Crippen LogP contribution in [-0.4, -0.2) is 25.8 Å². The number of pyridine rings is 1. The van der Waals surface area contributed by atoms with E-state index in [0.717, 1.165) is 22.6 Å². The lowest BCUT2D eigenvalue weighted by molar-refractivity contribution is 0.294. The maximum absolute atomic E-state index is 14.0. The SMILES string of the molecule is Cc1cc(OCc2c(F)cccc2F)c2nc(C)c(C3=CC(=NO)CC(C)(C)N3)n2c1. The van der Waals surface area contributed by atoms with Gasteiger partial charge >= 0.3 is 0 Å². The number of nitrogens with zero attached hydrogens (tertiary/aromatic N) is 3. The van der Waals surface area contributed by atoms with Gasteiger partial charge in [-0.25, -0.2) is 13.8 Å². The molecule has 4 rings (SSSR count). The van der Waals surface area contributed by atoms with Crippen LogP contribution in [0.15, 0.2) is 41.7 Å². The molecule has 2 aromatic heterocycles. The van der Waals surface area contributed by atoms with E-state index in [4.69, 9.17) is 4.74 Å². The third kappa shape index (κ3) is 3.97. The van der Waals surface area contributed by atoms with Crippen molar-refractivity contribution in [3.63, 3.8) is 0 Å². The summed E-state index contributed by atoms with van der Waals surface area (Å²) in [6.45, 7) is 7.56. The molecule has 162 valence electrons. The van der Waals surface area contributed by atoms with Gasteiger partial charge in [0.1, 0.15) is 18.2 Å². The zero-order valence-corrected chi connectivity index (χ0v) is 17.8. The van der Waals surface area contributed by atoms with Crippen molar-refractivity contribution in [1.82, 2.24) is 14.7 Å².